The Labute approximate surface area is 108 Å². The molecule has 0 saturated carbocycles. The molecule has 0 aliphatic carbocycles. The molecule has 2 rings (SSSR count). The Morgan fingerprint density at radius 3 is 2.44 bits per heavy atom. The molecule has 1 aromatic heterocycles. The Kier molecular flexibility index (Phi) is 3.95. The van der Waals surface area contributed by atoms with Crippen molar-refractivity contribution in [2.45, 2.75) is 26.9 Å². The van der Waals surface area contributed by atoms with Crippen molar-refractivity contribution in [2.24, 2.45) is 5.73 Å². The van der Waals surface area contributed by atoms with Gasteiger partial charge in [-0.1, -0.05) is 35.9 Å². The van der Waals surface area contributed by atoms with Crippen molar-refractivity contribution in [2.75, 3.05) is 5.32 Å². The van der Waals surface area contributed by atoms with Crippen LogP contribution in [-0.4, -0.2) is 4.98 Å². The predicted octanol–water partition coefficient (Wildman–Crippen LogP) is 2.77. The normalized spacial score (nSPS) is 10.4. The maximum absolute atomic E-state index is 5.71. The molecular formula is C15H19N3. The molecule has 3 N–H and O–H groups in total. The van der Waals surface area contributed by atoms with E-state index in [0.717, 1.165) is 23.6 Å². The minimum Gasteiger partial charge on any atom is -0.366 e. The van der Waals surface area contributed by atoms with Crippen molar-refractivity contribution in [3.8, 4) is 0 Å². The number of aryl methyl sites for hydroxylation is 2. The molecule has 2 aromatic rings. The van der Waals surface area contributed by atoms with Gasteiger partial charge < -0.3 is 11.1 Å². The predicted molar refractivity (Wildman–Crippen MR) is 75.4 cm³/mol. The number of anilines is 1. The highest BCUT2D eigenvalue weighted by atomic mass is 15.0. The zero-order chi connectivity index (χ0) is 13.0. The molecule has 0 amide bonds. The summed E-state index contributed by atoms with van der Waals surface area (Å²) in [5, 5.41) is 3.35. The van der Waals surface area contributed by atoms with Gasteiger partial charge in [-0.2, -0.15) is 0 Å². The van der Waals surface area contributed by atoms with Gasteiger partial charge in [0, 0.05) is 24.3 Å². The van der Waals surface area contributed by atoms with Gasteiger partial charge in [-0.15, -0.1) is 0 Å². The first-order valence-electron chi connectivity index (χ1n) is 6.15. The fraction of sp³-hybridized carbons (Fsp3) is 0.267. The summed E-state index contributed by atoms with van der Waals surface area (Å²) >= 11 is 0. The van der Waals surface area contributed by atoms with Gasteiger partial charge in [0.15, 0.2) is 0 Å². The standard InChI is InChI=1S/C15H19N3/c1-11-3-6-13(7-4-11)10-17-15-14(9-16)8-5-12(2)18-15/h3-8H,9-10,16H2,1-2H3,(H,17,18). The minimum absolute atomic E-state index is 0.503. The molecule has 0 unspecified atom stereocenters. The monoisotopic (exact) mass is 241 g/mol. The van der Waals surface area contributed by atoms with Crippen LogP contribution < -0.4 is 11.1 Å². The average molecular weight is 241 g/mol. The van der Waals surface area contributed by atoms with Crippen molar-refractivity contribution >= 4 is 5.82 Å². The van der Waals surface area contributed by atoms with Crippen LogP contribution in [0.4, 0.5) is 5.82 Å². The minimum atomic E-state index is 0.503. The summed E-state index contributed by atoms with van der Waals surface area (Å²) < 4.78 is 0. The topological polar surface area (TPSA) is 50.9 Å². The quantitative estimate of drug-likeness (QED) is 0.865. The summed E-state index contributed by atoms with van der Waals surface area (Å²) in [4.78, 5) is 4.49. The fourth-order valence-electron chi connectivity index (χ4n) is 1.80. The van der Waals surface area contributed by atoms with Crippen molar-refractivity contribution in [1.29, 1.82) is 0 Å². The van der Waals surface area contributed by atoms with Crippen LogP contribution in [0, 0.1) is 13.8 Å². The van der Waals surface area contributed by atoms with E-state index in [1.54, 1.807) is 0 Å². The van der Waals surface area contributed by atoms with E-state index in [4.69, 9.17) is 5.73 Å². The van der Waals surface area contributed by atoms with Crippen molar-refractivity contribution in [3.63, 3.8) is 0 Å². The second kappa shape index (κ2) is 5.65. The lowest BCUT2D eigenvalue weighted by Crippen LogP contribution is -2.08. The van der Waals surface area contributed by atoms with E-state index in [2.05, 4.69) is 41.5 Å². The molecule has 0 atom stereocenters. The van der Waals surface area contributed by atoms with Crippen LogP contribution >= 0.6 is 0 Å². The summed E-state index contributed by atoms with van der Waals surface area (Å²) in [5.41, 5.74) is 10.3. The summed E-state index contributed by atoms with van der Waals surface area (Å²) in [6.45, 7) is 5.34. The number of nitrogens with one attached hydrogen (secondary N) is 1. The first-order chi connectivity index (χ1) is 8.69. The van der Waals surface area contributed by atoms with E-state index < -0.39 is 0 Å². The van der Waals surface area contributed by atoms with Crippen molar-refractivity contribution < 1.29 is 0 Å². The Morgan fingerprint density at radius 2 is 1.78 bits per heavy atom. The SMILES string of the molecule is Cc1ccc(CNc2nc(C)ccc2CN)cc1. The summed E-state index contributed by atoms with van der Waals surface area (Å²) in [7, 11) is 0. The number of nitrogens with zero attached hydrogens (tertiary/aromatic N) is 1. The third kappa shape index (κ3) is 3.08. The largest absolute Gasteiger partial charge is 0.366 e. The maximum atomic E-state index is 5.71. The van der Waals surface area contributed by atoms with Crippen LogP contribution in [0.15, 0.2) is 36.4 Å². The zero-order valence-corrected chi connectivity index (χ0v) is 10.9. The summed E-state index contributed by atoms with van der Waals surface area (Å²) in [6, 6.07) is 12.5. The lowest BCUT2D eigenvalue weighted by molar-refractivity contribution is 1.01. The molecule has 1 heterocycles. The third-order valence-corrected chi connectivity index (χ3v) is 2.92. The Balaban J connectivity index is 2.09. The number of aromatic nitrogens is 1. The van der Waals surface area contributed by atoms with E-state index in [-0.39, 0.29) is 0 Å². The van der Waals surface area contributed by atoms with Gasteiger partial charge in [-0.05, 0) is 25.5 Å². The van der Waals surface area contributed by atoms with Crippen LogP contribution in [0.3, 0.4) is 0 Å². The Morgan fingerprint density at radius 1 is 1.06 bits per heavy atom. The van der Waals surface area contributed by atoms with Gasteiger partial charge in [-0.3, -0.25) is 0 Å². The second-order valence-electron chi connectivity index (χ2n) is 4.50. The van der Waals surface area contributed by atoms with E-state index in [1.165, 1.54) is 11.1 Å². The average Bonchev–Trinajstić information content (AvgIpc) is 2.38. The van der Waals surface area contributed by atoms with Crippen LogP contribution in [0.5, 0.6) is 0 Å². The molecule has 1 aromatic carbocycles. The summed E-state index contributed by atoms with van der Waals surface area (Å²) in [5.74, 6) is 0.887. The number of rotatable bonds is 4. The zero-order valence-electron chi connectivity index (χ0n) is 10.9. The molecule has 0 aliphatic rings. The molecule has 18 heavy (non-hydrogen) atoms. The molecule has 0 radical (unpaired) electrons. The molecule has 3 heteroatoms. The molecule has 94 valence electrons. The number of hydrogen-bond donors (Lipinski definition) is 2. The van der Waals surface area contributed by atoms with Gasteiger partial charge in [0.2, 0.25) is 0 Å². The van der Waals surface area contributed by atoms with E-state index in [0.29, 0.717) is 6.54 Å². The number of benzene rings is 1. The van der Waals surface area contributed by atoms with Crippen molar-refractivity contribution in [1.82, 2.24) is 4.98 Å². The third-order valence-electron chi connectivity index (χ3n) is 2.92. The van der Waals surface area contributed by atoms with Gasteiger partial charge in [-0.25, -0.2) is 4.98 Å². The molecular weight excluding hydrogens is 222 g/mol. The molecule has 0 saturated heterocycles. The molecule has 3 nitrogen and oxygen atoms in total. The van der Waals surface area contributed by atoms with Crippen LogP contribution in [-0.2, 0) is 13.1 Å². The number of pyridine rings is 1. The highest BCUT2D eigenvalue weighted by molar-refractivity contribution is 5.45. The Hall–Kier alpha value is -1.87. The van der Waals surface area contributed by atoms with E-state index >= 15 is 0 Å². The van der Waals surface area contributed by atoms with Crippen LogP contribution in [0.2, 0.25) is 0 Å². The van der Waals surface area contributed by atoms with Gasteiger partial charge >= 0.3 is 0 Å². The first-order valence-corrected chi connectivity index (χ1v) is 6.15. The first kappa shape index (κ1) is 12.6. The maximum Gasteiger partial charge on any atom is 0.131 e. The van der Waals surface area contributed by atoms with Crippen LogP contribution in [0.25, 0.3) is 0 Å². The van der Waals surface area contributed by atoms with Crippen molar-refractivity contribution in [3.05, 3.63) is 58.8 Å². The lowest BCUT2D eigenvalue weighted by atomic mass is 10.1. The van der Waals surface area contributed by atoms with Crippen LogP contribution in [0.1, 0.15) is 22.4 Å². The van der Waals surface area contributed by atoms with Gasteiger partial charge in [0.25, 0.3) is 0 Å². The number of hydrogen-bond acceptors (Lipinski definition) is 3. The molecule has 0 aliphatic heterocycles. The molecule has 0 spiro atoms. The highest BCUT2D eigenvalue weighted by Crippen LogP contribution is 2.14. The molecule has 0 fully saturated rings. The smallest absolute Gasteiger partial charge is 0.131 e. The second-order valence-corrected chi connectivity index (χ2v) is 4.50. The van der Waals surface area contributed by atoms with E-state index in [9.17, 15) is 0 Å². The summed E-state index contributed by atoms with van der Waals surface area (Å²) in [6.07, 6.45) is 0. The van der Waals surface area contributed by atoms with Gasteiger partial charge in [0.1, 0.15) is 5.82 Å². The van der Waals surface area contributed by atoms with E-state index in [1.807, 2.05) is 19.1 Å². The van der Waals surface area contributed by atoms with Gasteiger partial charge in [0.05, 0.1) is 0 Å². The molecule has 0 bridgehead atoms. The Bertz CT molecular complexity index is 518. The lowest BCUT2D eigenvalue weighted by Gasteiger charge is -2.11. The fourth-order valence-corrected chi connectivity index (χ4v) is 1.80. The number of nitrogens with two attached hydrogens (primary N) is 1. The highest BCUT2D eigenvalue weighted by Gasteiger charge is 2.02.